The summed E-state index contributed by atoms with van der Waals surface area (Å²) in [4.78, 5) is 0. The Kier molecular flexibility index (Phi) is 10.4. The minimum Gasteiger partial charge on any atom is -0.375 e. The Balaban J connectivity index is 0.000000289. The monoisotopic (exact) mass is 362 g/mol. The van der Waals surface area contributed by atoms with E-state index in [0.717, 1.165) is 5.56 Å². The lowest BCUT2D eigenvalue weighted by molar-refractivity contribution is -0.125. The third-order valence-electron chi connectivity index (χ3n) is 3.62. The first-order valence-corrected chi connectivity index (χ1v) is 8.73. The fourth-order valence-electron chi connectivity index (χ4n) is 2.08. The predicted molar refractivity (Wildman–Crippen MR) is 103 cm³/mol. The summed E-state index contributed by atoms with van der Waals surface area (Å²) in [7, 11) is 0. The highest BCUT2D eigenvalue weighted by Crippen LogP contribution is 2.15. The first-order valence-electron chi connectivity index (χ1n) is 8.73. The summed E-state index contributed by atoms with van der Waals surface area (Å²) in [5.41, 5.74) is 2.22. The molecule has 0 fully saturated rings. The number of ether oxygens (including phenoxy) is 2. The second-order valence-electron chi connectivity index (χ2n) is 5.91. The molecule has 0 heterocycles. The van der Waals surface area contributed by atoms with Crippen LogP contribution in [0.15, 0.2) is 73.3 Å². The molecule has 0 spiro atoms. The first kappa shape index (κ1) is 22.0. The molecule has 2 nitrogen and oxygen atoms in total. The van der Waals surface area contributed by atoms with Crippen molar-refractivity contribution in [2.45, 2.75) is 32.3 Å². The highest BCUT2D eigenvalue weighted by molar-refractivity contribution is 5.21. The SMILES string of the molecule is C=CC(C)c1ccccc1.CCOCC(F)(F)COCc1ccccc1. The fraction of sp³-hybridized carbons (Fsp3) is 0.364. The van der Waals surface area contributed by atoms with Crippen LogP contribution in [0.4, 0.5) is 8.78 Å². The van der Waals surface area contributed by atoms with Crippen molar-refractivity contribution in [3.8, 4) is 0 Å². The van der Waals surface area contributed by atoms with Gasteiger partial charge in [-0.05, 0) is 24.0 Å². The normalized spacial score (nSPS) is 12.0. The molecule has 0 radical (unpaired) electrons. The number of hydrogen-bond acceptors (Lipinski definition) is 2. The van der Waals surface area contributed by atoms with E-state index >= 15 is 0 Å². The number of hydrogen-bond donors (Lipinski definition) is 0. The number of benzene rings is 2. The average Bonchev–Trinajstić information content (AvgIpc) is 2.68. The van der Waals surface area contributed by atoms with E-state index in [-0.39, 0.29) is 13.2 Å². The molecule has 2 aromatic carbocycles. The maximum Gasteiger partial charge on any atom is 0.293 e. The van der Waals surface area contributed by atoms with E-state index < -0.39 is 19.1 Å². The molecule has 142 valence electrons. The summed E-state index contributed by atoms with van der Waals surface area (Å²) >= 11 is 0. The second-order valence-corrected chi connectivity index (χ2v) is 5.91. The van der Waals surface area contributed by atoms with Gasteiger partial charge in [0.2, 0.25) is 0 Å². The minimum atomic E-state index is -2.91. The van der Waals surface area contributed by atoms with Crippen molar-refractivity contribution < 1.29 is 18.3 Å². The number of rotatable bonds is 9. The molecule has 1 unspecified atom stereocenters. The lowest BCUT2D eigenvalue weighted by atomic mass is 10.0. The van der Waals surface area contributed by atoms with Gasteiger partial charge in [-0.15, -0.1) is 6.58 Å². The van der Waals surface area contributed by atoms with Crippen LogP contribution < -0.4 is 0 Å². The summed E-state index contributed by atoms with van der Waals surface area (Å²) in [5, 5.41) is 0. The molecule has 0 aliphatic carbocycles. The van der Waals surface area contributed by atoms with Crippen molar-refractivity contribution in [2.24, 2.45) is 0 Å². The largest absolute Gasteiger partial charge is 0.375 e. The maximum absolute atomic E-state index is 13.1. The van der Waals surface area contributed by atoms with Crippen molar-refractivity contribution in [1.29, 1.82) is 0 Å². The van der Waals surface area contributed by atoms with Gasteiger partial charge in [-0.25, -0.2) is 8.78 Å². The Morgan fingerprint density at radius 2 is 1.50 bits per heavy atom. The summed E-state index contributed by atoms with van der Waals surface area (Å²) in [6, 6.07) is 19.6. The van der Waals surface area contributed by atoms with Crippen molar-refractivity contribution >= 4 is 0 Å². The molecule has 0 saturated heterocycles. The van der Waals surface area contributed by atoms with Gasteiger partial charge in [0.15, 0.2) is 0 Å². The van der Waals surface area contributed by atoms with Crippen LogP contribution in [0.2, 0.25) is 0 Å². The van der Waals surface area contributed by atoms with Crippen LogP contribution in [-0.4, -0.2) is 25.7 Å². The third kappa shape index (κ3) is 9.44. The lowest BCUT2D eigenvalue weighted by Gasteiger charge is -2.16. The van der Waals surface area contributed by atoms with Gasteiger partial charge in [-0.1, -0.05) is 73.7 Å². The zero-order chi connectivity index (χ0) is 19.3. The van der Waals surface area contributed by atoms with Crippen LogP contribution in [-0.2, 0) is 16.1 Å². The van der Waals surface area contributed by atoms with Crippen LogP contribution in [0.1, 0.15) is 30.9 Å². The highest BCUT2D eigenvalue weighted by Gasteiger charge is 2.29. The van der Waals surface area contributed by atoms with Gasteiger partial charge in [0, 0.05) is 6.61 Å². The van der Waals surface area contributed by atoms with Crippen molar-refractivity contribution in [3.05, 3.63) is 84.4 Å². The molecule has 0 saturated carbocycles. The van der Waals surface area contributed by atoms with Crippen LogP contribution in [0.3, 0.4) is 0 Å². The topological polar surface area (TPSA) is 18.5 Å². The lowest BCUT2D eigenvalue weighted by Crippen LogP contribution is -2.29. The second kappa shape index (κ2) is 12.3. The summed E-state index contributed by atoms with van der Waals surface area (Å²) in [5.74, 6) is -2.44. The van der Waals surface area contributed by atoms with Crippen LogP contribution >= 0.6 is 0 Å². The first-order chi connectivity index (χ1) is 12.5. The number of allylic oxidation sites excluding steroid dienone is 1. The molecule has 4 heteroatoms. The number of alkyl halides is 2. The van der Waals surface area contributed by atoms with Crippen molar-refractivity contribution in [1.82, 2.24) is 0 Å². The molecular formula is C22H28F2O2. The fourth-order valence-corrected chi connectivity index (χ4v) is 2.08. The Hall–Kier alpha value is -2.04. The highest BCUT2D eigenvalue weighted by atomic mass is 19.3. The van der Waals surface area contributed by atoms with Crippen molar-refractivity contribution in [3.63, 3.8) is 0 Å². The van der Waals surface area contributed by atoms with E-state index in [1.54, 1.807) is 6.92 Å². The molecule has 0 bridgehead atoms. The van der Waals surface area contributed by atoms with Crippen LogP contribution in [0.5, 0.6) is 0 Å². The standard InChI is InChI=1S/C12H16F2O2.C10H12/c1-2-15-9-12(13,14)10-16-8-11-6-4-3-5-7-11;1-3-9(2)10-7-5-4-6-8-10/h3-7H,2,8-10H2,1H3;3-9H,1H2,2H3. The molecule has 0 aliphatic rings. The van der Waals surface area contributed by atoms with E-state index in [2.05, 4.69) is 42.5 Å². The van der Waals surface area contributed by atoms with E-state index in [1.807, 2.05) is 42.5 Å². The molecule has 1 atom stereocenters. The predicted octanol–water partition coefficient (Wildman–Crippen LogP) is 5.85. The minimum absolute atomic E-state index is 0.197. The van der Waals surface area contributed by atoms with Crippen LogP contribution in [0, 0.1) is 0 Å². The smallest absolute Gasteiger partial charge is 0.293 e. The summed E-state index contributed by atoms with van der Waals surface area (Å²) in [6.07, 6.45) is 1.95. The van der Waals surface area contributed by atoms with E-state index in [4.69, 9.17) is 4.74 Å². The van der Waals surface area contributed by atoms with E-state index in [9.17, 15) is 8.78 Å². The molecule has 0 aliphatic heterocycles. The molecule has 26 heavy (non-hydrogen) atoms. The molecule has 2 rings (SSSR count). The summed E-state index contributed by atoms with van der Waals surface area (Å²) < 4.78 is 35.7. The zero-order valence-corrected chi connectivity index (χ0v) is 15.5. The molecular weight excluding hydrogens is 334 g/mol. The Labute approximate surface area is 155 Å². The molecule has 0 N–H and O–H groups in total. The zero-order valence-electron chi connectivity index (χ0n) is 15.5. The van der Waals surface area contributed by atoms with Gasteiger partial charge in [-0.2, -0.15) is 0 Å². The van der Waals surface area contributed by atoms with E-state index in [0.29, 0.717) is 5.92 Å². The Morgan fingerprint density at radius 3 is 2.04 bits per heavy atom. The molecule has 0 aromatic heterocycles. The maximum atomic E-state index is 13.1. The van der Waals surface area contributed by atoms with Gasteiger partial charge in [-0.3, -0.25) is 0 Å². The van der Waals surface area contributed by atoms with Gasteiger partial charge >= 0.3 is 0 Å². The molecule has 2 aromatic rings. The quantitative estimate of drug-likeness (QED) is 0.521. The summed E-state index contributed by atoms with van der Waals surface area (Å²) in [6.45, 7) is 6.85. The van der Waals surface area contributed by atoms with E-state index in [1.165, 1.54) is 5.56 Å². The van der Waals surface area contributed by atoms with Crippen molar-refractivity contribution in [2.75, 3.05) is 19.8 Å². The van der Waals surface area contributed by atoms with Gasteiger partial charge in [0.1, 0.15) is 13.2 Å². The van der Waals surface area contributed by atoms with Crippen LogP contribution in [0.25, 0.3) is 0 Å². The molecule has 0 amide bonds. The Morgan fingerprint density at radius 1 is 0.962 bits per heavy atom. The number of halogens is 2. The van der Waals surface area contributed by atoms with Gasteiger partial charge in [0.25, 0.3) is 5.92 Å². The third-order valence-corrected chi connectivity index (χ3v) is 3.62. The van der Waals surface area contributed by atoms with Gasteiger partial charge < -0.3 is 9.47 Å². The Bertz CT molecular complexity index is 600. The average molecular weight is 362 g/mol. The van der Waals surface area contributed by atoms with Gasteiger partial charge in [0.05, 0.1) is 6.61 Å².